The SMILES string of the molecule is Cc1cccc(C)c1-c1cc2cc(-c3c(C)cccc3C)c3c(-c4c(C)cccc4C)cc4cc(-c5c(C)cccc5C)c5c(-c6c(C)cccc6C)cc6cc(-c7c(C)cccc7C)c1c1c2c3c4c5c61. The Labute approximate surface area is 424 Å². The number of aryl methyl sites for hydroxylation is 12. The fraction of sp³-hybridized carbons (Fsp3) is 0.167. The summed E-state index contributed by atoms with van der Waals surface area (Å²) in [6.45, 7) is 27.8. The van der Waals surface area contributed by atoms with E-state index in [0.717, 1.165) is 0 Å². The Balaban J connectivity index is 1.45. The summed E-state index contributed by atoms with van der Waals surface area (Å²) < 4.78 is 0. The third-order valence-electron chi connectivity index (χ3n) is 17.0. The van der Waals surface area contributed by atoms with Crippen molar-refractivity contribution in [2.45, 2.75) is 83.1 Å². The van der Waals surface area contributed by atoms with Gasteiger partial charge in [-0.25, -0.2) is 0 Å². The molecular formula is C72H60. The summed E-state index contributed by atoms with van der Waals surface area (Å²) in [5.41, 5.74) is 31.4. The number of hydrogen-bond acceptors (Lipinski definition) is 0. The predicted molar refractivity (Wildman–Crippen MR) is 314 cm³/mol. The first-order valence-electron chi connectivity index (χ1n) is 25.9. The average Bonchev–Trinajstić information content (AvgIpc) is 3.33. The first-order chi connectivity index (χ1) is 34.7. The monoisotopic (exact) mass is 924 g/mol. The van der Waals surface area contributed by atoms with Crippen molar-refractivity contribution < 1.29 is 0 Å². The molecule has 348 valence electrons. The van der Waals surface area contributed by atoms with Crippen LogP contribution in [0, 0.1) is 83.1 Å². The fourth-order valence-electron chi connectivity index (χ4n) is 14.2. The van der Waals surface area contributed by atoms with Gasteiger partial charge >= 0.3 is 0 Å². The molecule has 0 heteroatoms. The van der Waals surface area contributed by atoms with Crippen LogP contribution < -0.4 is 0 Å². The van der Waals surface area contributed by atoms with Crippen LogP contribution in [0.5, 0.6) is 0 Å². The van der Waals surface area contributed by atoms with Gasteiger partial charge < -0.3 is 0 Å². The molecule has 13 rings (SSSR count). The Bertz CT molecular complexity index is 3600. The van der Waals surface area contributed by atoms with E-state index < -0.39 is 0 Å². The minimum atomic E-state index is 1.29. The quantitative estimate of drug-likeness (QED) is 0.115. The van der Waals surface area contributed by atoms with Crippen molar-refractivity contribution in [2.75, 3.05) is 0 Å². The van der Waals surface area contributed by atoms with E-state index in [9.17, 15) is 0 Å². The molecule has 0 aliphatic rings. The van der Waals surface area contributed by atoms with Gasteiger partial charge in [0.15, 0.2) is 0 Å². The van der Waals surface area contributed by atoms with Crippen molar-refractivity contribution in [1.82, 2.24) is 0 Å². The molecule has 0 fully saturated rings. The molecular weight excluding hydrogens is 865 g/mol. The highest BCUT2D eigenvalue weighted by atomic mass is 14.3. The number of rotatable bonds is 6. The van der Waals surface area contributed by atoms with E-state index in [1.165, 1.54) is 198 Å². The zero-order valence-electron chi connectivity index (χ0n) is 43.9. The van der Waals surface area contributed by atoms with Gasteiger partial charge in [0.05, 0.1) is 0 Å². The molecule has 0 atom stereocenters. The Kier molecular flexibility index (Phi) is 9.72. The van der Waals surface area contributed by atoms with Gasteiger partial charge in [0, 0.05) is 0 Å². The Morgan fingerprint density at radius 2 is 0.306 bits per heavy atom. The van der Waals surface area contributed by atoms with Gasteiger partial charge in [-0.1, -0.05) is 109 Å². The zero-order chi connectivity index (χ0) is 49.8. The van der Waals surface area contributed by atoms with Crippen molar-refractivity contribution in [3.8, 4) is 66.8 Å². The standard InChI is InChI=1S/C72H60/c1-37-19-13-20-38(2)58(37)52-31-49-32-54(60-41(5)23-15-24-42(60)6)68-56(62-45(9)27-17-28-46(62)10)35-51-36-57(63-47(11)29-18-30-48(63)12)69-55(61-43(7)25-16-26-44(61)8)34-50-33-53(59-39(3)21-14-22-40(59)4)67(52)70-64(49)71(68)66(51)72(69)65(50)70/h13-36H,1-12H3. The maximum Gasteiger partial charge on any atom is -0.000135 e. The fourth-order valence-corrected chi connectivity index (χ4v) is 14.2. The maximum atomic E-state index is 2.60. The van der Waals surface area contributed by atoms with Gasteiger partial charge in [0.2, 0.25) is 0 Å². The Morgan fingerprint density at radius 1 is 0.167 bits per heavy atom. The number of benzene rings is 13. The third kappa shape index (κ3) is 6.05. The molecule has 0 aliphatic heterocycles. The van der Waals surface area contributed by atoms with Gasteiger partial charge in [-0.2, -0.15) is 0 Å². The molecule has 0 spiro atoms. The normalized spacial score (nSPS) is 12.2. The minimum Gasteiger partial charge on any atom is -0.0617 e. The third-order valence-corrected chi connectivity index (χ3v) is 17.0. The molecule has 0 aliphatic carbocycles. The van der Waals surface area contributed by atoms with Gasteiger partial charge in [0.1, 0.15) is 0 Å². The van der Waals surface area contributed by atoms with Crippen LogP contribution in [0.2, 0.25) is 0 Å². The van der Waals surface area contributed by atoms with E-state index in [0.29, 0.717) is 0 Å². The first kappa shape index (κ1) is 44.2. The maximum absolute atomic E-state index is 2.60. The van der Waals surface area contributed by atoms with Gasteiger partial charge in [-0.05, 0) is 318 Å². The van der Waals surface area contributed by atoms with Crippen molar-refractivity contribution >= 4 is 64.6 Å². The summed E-state index contributed by atoms with van der Waals surface area (Å²) in [7, 11) is 0. The van der Waals surface area contributed by atoms with Crippen LogP contribution >= 0.6 is 0 Å². The summed E-state index contributed by atoms with van der Waals surface area (Å²) in [5.74, 6) is 0. The second-order valence-electron chi connectivity index (χ2n) is 21.7. The lowest BCUT2D eigenvalue weighted by molar-refractivity contribution is 1.38. The summed E-state index contributed by atoms with van der Waals surface area (Å²) in [4.78, 5) is 0. The van der Waals surface area contributed by atoms with Gasteiger partial charge in [-0.15, -0.1) is 0 Å². The van der Waals surface area contributed by atoms with Crippen LogP contribution in [0.25, 0.3) is 131 Å². The van der Waals surface area contributed by atoms with Crippen LogP contribution in [0.1, 0.15) is 66.8 Å². The molecule has 13 aromatic rings. The van der Waals surface area contributed by atoms with Gasteiger partial charge in [-0.3, -0.25) is 0 Å². The molecule has 0 aromatic heterocycles. The first-order valence-corrected chi connectivity index (χ1v) is 25.9. The second-order valence-corrected chi connectivity index (χ2v) is 21.7. The van der Waals surface area contributed by atoms with Gasteiger partial charge in [0.25, 0.3) is 0 Å². The summed E-state index contributed by atoms with van der Waals surface area (Å²) in [6, 6.07) is 56.7. The second kappa shape index (κ2) is 15.9. The van der Waals surface area contributed by atoms with Crippen molar-refractivity contribution in [1.29, 1.82) is 0 Å². The van der Waals surface area contributed by atoms with E-state index in [1.54, 1.807) is 0 Å². The number of hydrogen-bond donors (Lipinski definition) is 0. The molecule has 0 unspecified atom stereocenters. The highest BCUT2D eigenvalue weighted by molar-refractivity contribution is 6.50. The van der Waals surface area contributed by atoms with Crippen molar-refractivity contribution in [2.24, 2.45) is 0 Å². The Morgan fingerprint density at radius 3 is 0.444 bits per heavy atom. The van der Waals surface area contributed by atoms with Crippen molar-refractivity contribution in [3.05, 3.63) is 212 Å². The van der Waals surface area contributed by atoms with Crippen LogP contribution in [-0.4, -0.2) is 0 Å². The largest absolute Gasteiger partial charge is 0.0617 e. The lowest BCUT2D eigenvalue weighted by Gasteiger charge is -2.30. The average molecular weight is 925 g/mol. The molecule has 0 bridgehead atoms. The molecule has 0 radical (unpaired) electrons. The van der Waals surface area contributed by atoms with E-state index in [1.807, 2.05) is 0 Å². The molecule has 0 heterocycles. The van der Waals surface area contributed by atoms with E-state index in [-0.39, 0.29) is 0 Å². The highest BCUT2D eigenvalue weighted by Gasteiger charge is 2.32. The predicted octanol–water partition coefficient (Wildman–Crippen LogP) is 20.6. The van der Waals surface area contributed by atoms with E-state index >= 15 is 0 Å². The smallest absolute Gasteiger partial charge is 0.000135 e. The molecule has 0 nitrogen and oxygen atoms in total. The zero-order valence-corrected chi connectivity index (χ0v) is 43.9. The topological polar surface area (TPSA) is 0 Å². The van der Waals surface area contributed by atoms with Crippen LogP contribution in [0.15, 0.2) is 146 Å². The highest BCUT2D eigenvalue weighted by Crippen LogP contribution is 2.60. The lowest BCUT2D eigenvalue weighted by Crippen LogP contribution is -2.03. The van der Waals surface area contributed by atoms with Crippen LogP contribution in [0.4, 0.5) is 0 Å². The minimum absolute atomic E-state index is 1.29. The summed E-state index contributed by atoms with van der Waals surface area (Å²) in [6.07, 6.45) is 0. The Hall–Kier alpha value is -7.80. The lowest BCUT2D eigenvalue weighted by atomic mass is 9.72. The summed E-state index contributed by atoms with van der Waals surface area (Å²) in [5, 5.41) is 16.2. The van der Waals surface area contributed by atoms with Crippen molar-refractivity contribution in [3.63, 3.8) is 0 Å². The van der Waals surface area contributed by atoms with Crippen LogP contribution in [0.3, 0.4) is 0 Å². The molecule has 0 N–H and O–H groups in total. The van der Waals surface area contributed by atoms with E-state index in [2.05, 4.69) is 229 Å². The molecule has 13 aromatic carbocycles. The molecule has 0 amide bonds. The van der Waals surface area contributed by atoms with E-state index in [4.69, 9.17) is 0 Å². The molecule has 72 heavy (non-hydrogen) atoms. The van der Waals surface area contributed by atoms with Crippen LogP contribution in [-0.2, 0) is 0 Å². The molecule has 0 saturated heterocycles. The molecule has 0 saturated carbocycles. The summed E-state index contributed by atoms with van der Waals surface area (Å²) >= 11 is 0.